The maximum atomic E-state index is 15.4. The molecule has 12 rings (SSSR count). The number of nitrogens with zero attached hydrogens (tertiary/aromatic N) is 15. The molecule has 0 radical (unpaired) electrons. The maximum absolute atomic E-state index is 15.4. The number of alkyl halides is 1. The van der Waals surface area contributed by atoms with Gasteiger partial charge in [0, 0.05) is 162 Å². The number of carbonyl (C=O) groups excluding carboxylic acids is 2. The van der Waals surface area contributed by atoms with Crippen molar-refractivity contribution in [3.05, 3.63) is 96.1 Å². The highest BCUT2D eigenvalue weighted by Crippen LogP contribution is 2.39. The van der Waals surface area contributed by atoms with E-state index in [1.54, 1.807) is 44.6 Å². The largest absolute Gasteiger partial charge is 0.389 e. The molecule has 0 saturated carbocycles. The summed E-state index contributed by atoms with van der Waals surface area (Å²) in [7, 11) is 3.74. The molecule has 8 aromatic rings. The highest BCUT2D eigenvalue weighted by molar-refractivity contribution is 7.10. The summed E-state index contributed by atoms with van der Waals surface area (Å²) in [6, 6.07) is 19.2. The third kappa shape index (κ3) is 12.6. The normalized spacial score (nSPS) is 16.0. The molecule has 0 spiro atoms. The number of hydrogen-bond acceptors (Lipinski definition) is 18. The van der Waals surface area contributed by atoms with Crippen molar-refractivity contribution in [3.8, 4) is 22.8 Å². The highest BCUT2D eigenvalue weighted by atomic mass is 35.5. The van der Waals surface area contributed by atoms with E-state index in [1.165, 1.54) is 58.3 Å². The van der Waals surface area contributed by atoms with Gasteiger partial charge in [0.15, 0.2) is 23.3 Å². The van der Waals surface area contributed by atoms with Gasteiger partial charge in [-0.2, -0.15) is 28.9 Å². The lowest BCUT2D eigenvalue weighted by Crippen LogP contribution is -2.57. The molecule has 0 aliphatic carbocycles. The lowest BCUT2D eigenvalue weighted by Gasteiger charge is -2.39. The zero-order chi connectivity index (χ0) is 57.1. The van der Waals surface area contributed by atoms with Gasteiger partial charge in [0.2, 0.25) is 22.1 Å². The van der Waals surface area contributed by atoms with Gasteiger partial charge in [-0.05, 0) is 86.6 Å². The van der Waals surface area contributed by atoms with Gasteiger partial charge in [0.25, 0.3) is 0 Å². The van der Waals surface area contributed by atoms with Crippen LogP contribution in [0.25, 0.3) is 44.6 Å². The molecule has 8 heterocycles. The first kappa shape index (κ1) is 57.2. The summed E-state index contributed by atoms with van der Waals surface area (Å²) in [5, 5.41) is 33.2. The molecule has 81 heavy (non-hydrogen) atoms. The van der Waals surface area contributed by atoms with Crippen LogP contribution < -0.4 is 24.9 Å². The Morgan fingerprint density at radius 2 is 1.05 bits per heavy atom. The van der Waals surface area contributed by atoms with E-state index < -0.39 is 11.9 Å². The number of likely N-dealkylation sites (tertiary alicyclic amines) is 2. The summed E-state index contributed by atoms with van der Waals surface area (Å²) >= 11 is 7.68. The number of benzene rings is 4. The Morgan fingerprint density at radius 3 is 1.46 bits per heavy atom. The highest BCUT2D eigenvalue weighted by Gasteiger charge is 2.32. The minimum absolute atomic E-state index is 0.0206. The van der Waals surface area contributed by atoms with E-state index in [9.17, 15) is 23.5 Å². The molecule has 20 nitrogen and oxygen atoms in total. The number of halogens is 5. The van der Waals surface area contributed by atoms with Crippen molar-refractivity contribution in [1.82, 2.24) is 58.3 Å². The van der Waals surface area contributed by atoms with Crippen molar-refractivity contribution >= 4 is 102 Å². The molecule has 0 atom stereocenters. The lowest BCUT2D eigenvalue weighted by atomic mass is 10.1. The van der Waals surface area contributed by atoms with Crippen LogP contribution in [0.2, 0.25) is 0 Å². The fourth-order valence-electron chi connectivity index (χ4n) is 9.94. The van der Waals surface area contributed by atoms with Crippen LogP contribution in [-0.4, -0.2) is 192 Å². The average Bonchev–Trinajstić information content (AvgIpc) is 4.45. The second-order valence-electron chi connectivity index (χ2n) is 19.9. The molecule has 4 aliphatic rings. The fraction of sp³-hybridized carbons (Fsp3) is 0.407. The monoisotopic (exact) mass is 1170 g/mol. The molecule has 4 saturated heterocycles. The van der Waals surface area contributed by atoms with E-state index in [-0.39, 0.29) is 46.8 Å². The van der Waals surface area contributed by atoms with Gasteiger partial charge in [-0.25, -0.2) is 26.9 Å². The first-order valence-electron chi connectivity index (χ1n) is 26.6. The number of carbonyl (C=O) groups is 2. The first-order chi connectivity index (χ1) is 39.1. The second kappa shape index (κ2) is 25.0. The second-order valence-corrected chi connectivity index (χ2v) is 21.6. The standard InChI is InChI=1S/C27H30F2N8O2S.C22H23F2N7S.C5H8ClNO2/c1-3-37-26(33(2)27-30-25(32-40-27)17-4-6-18(28)7-5-17)21-12-19(13-22(29)24(21)31-37)35-10-8-34(9-11-35)16-23(39)36-14-20(38)15-36;1-3-31-21(29(2)22-26-20(28-32-22)14-4-6-15(23)7-5-14)17-12-16(13-18(24)19(17)27-31)30-10-8-25-9-11-30;6-1-5(9)7-2-4(8)3-7/h4-7,12-13,20,38H,3,8-11,14-16H2,1-2H3;4-7,12-13,25H,3,8-11H2,1-2H3;4,8H,1-3H2. The average molecular weight is 1170 g/mol. The molecule has 0 unspecified atom stereocenters. The van der Waals surface area contributed by atoms with Gasteiger partial charge in [-0.1, -0.05) is 0 Å². The molecule has 4 aromatic carbocycles. The quantitative estimate of drug-likeness (QED) is 0.0846. The number of aliphatic hydroxyl groups is 2. The summed E-state index contributed by atoms with van der Waals surface area (Å²) in [5.41, 5.74) is 3.70. The van der Waals surface area contributed by atoms with Crippen LogP contribution in [0.15, 0.2) is 72.8 Å². The number of fused-ring (bicyclic) bond motifs is 2. The first-order valence-corrected chi connectivity index (χ1v) is 28.6. The van der Waals surface area contributed by atoms with Gasteiger partial charge in [-0.15, -0.1) is 11.6 Å². The van der Waals surface area contributed by atoms with Crippen molar-refractivity contribution in [3.63, 3.8) is 0 Å². The van der Waals surface area contributed by atoms with E-state index in [0.717, 1.165) is 54.3 Å². The predicted molar refractivity (Wildman–Crippen MR) is 307 cm³/mol. The Bertz CT molecular complexity index is 3490. The van der Waals surface area contributed by atoms with E-state index in [2.05, 4.69) is 48.9 Å². The van der Waals surface area contributed by atoms with Crippen LogP contribution in [0.5, 0.6) is 0 Å². The van der Waals surface area contributed by atoms with Crippen LogP contribution in [0.1, 0.15) is 13.8 Å². The molecule has 3 N–H and O–H groups in total. The Morgan fingerprint density at radius 1 is 0.630 bits per heavy atom. The van der Waals surface area contributed by atoms with Crippen molar-refractivity contribution in [2.45, 2.75) is 39.1 Å². The number of amides is 2. The smallest absolute Gasteiger partial charge is 0.237 e. The van der Waals surface area contributed by atoms with Crippen LogP contribution in [-0.2, 0) is 22.7 Å². The molecule has 428 valence electrons. The van der Waals surface area contributed by atoms with Gasteiger partial charge >= 0.3 is 0 Å². The van der Waals surface area contributed by atoms with E-state index in [1.807, 2.05) is 49.9 Å². The fourth-order valence-corrected chi connectivity index (χ4v) is 11.4. The Hall–Kier alpha value is -7.07. The summed E-state index contributed by atoms with van der Waals surface area (Å²) in [4.78, 5) is 45.7. The molecule has 4 aliphatic heterocycles. The third-order valence-electron chi connectivity index (χ3n) is 14.5. The molecule has 27 heteroatoms. The number of hydrogen-bond donors (Lipinski definition) is 3. The number of nitrogens with one attached hydrogen (secondary N) is 1. The minimum Gasteiger partial charge on any atom is -0.389 e. The van der Waals surface area contributed by atoms with Gasteiger partial charge in [0.05, 0.1) is 18.8 Å². The van der Waals surface area contributed by atoms with Crippen LogP contribution in [0.4, 0.5) is 50.8 Å². The number of rotatable bonds is 13. The van der Waals surface area contributed by atoms with Crippen molar-refractivity contribution < 1.29 is 37.4 Å². The number of piperazine rings is 2. The van der Waals surface area contributed by atoms with Crippen LogP contribution >= 0.6 is 34.7 Å². The molecule has 2 amide bonds. The topological polar surface area (TPSA) is 197 Å². The summed E-state index contributed by atoms with van der Waals surface area (Å²) < 4.78 is 69.5. The Balaban J connectivity index is 0.000000160. The maximum Gasteiger partial charge on any atom is 0.237 e. The SMILES string of the molecule is CCn1nc2c(F)cc(N3CCN(CC(=O)N4CC(O)C4)CC3)cc2c1N(C)c1nc(-c2ccc(F)cc2)ns1.CCn1nc2c(F)cc(N3CCNCC3)cc2c1N(C)c1nc(-c2ccc(F)cc2)ns1.O=C(CCl)N1CC(O)C1. The Labute approximate surface area is 477 Å². The van der Waals surface area contributed by atoms with Gasteiger partial charge in [-0.3, -0.25) is 14.5 Å². The number of anilines is 6. The van der Waals surface area contributed by atoms with Crippen molar-refractivity contribution in [2.24, 2.45) is 0 Å². The van der Waals surface area contributed by atoms with Gasteiger partial charge < -0.3 is 44.9 Å². The van der Waals surface area contributed by atoms with Crippen molar-refractivity contribution in [2.75, 3.05) is 125 Å². The lowest BCUT2D eigenvalue weighted by molar-refractivity contribution is -0.142. The molecule has 4 aromatic heterocycles. The van der Waals surface area contributed by atoms with E-state index in [0.29, 0.717) is 116 Å². The van der Waals surface area contributed by atoms with Gasteiger partial charge in [0.1, 0.15) is 40.2 Å². The van der Waals surface area contributed by atoms with Crippen LogP contribution in [0.3, 0.4) is 0 Å². The van der Waals surface area contributed by atoms with E-state index in [4.69, 9.17) is 16.7 Å². The number of β-amino-alcohol motifs (C(OH)–C–C–N with tert-alkyl or cyclic N) is 2. The number of aryl methyl sites for hydroxylation is 2. The van der Waals surface area contributed by atoms with Crippen LogP contribution in [0, 0.1) is 23.3 Å². The van der Waals surface area contributed by atoms with Crippen molar-refractivity contribution in [1.29, 1.82) is 0 Å². The Kier molecular flexibility index (Phi) is 17.6. The summed E-state index contributed by atoms with van der Waals surface area (Å²) in [5.74, 6) is 1.09. The number of aliphatic hydroxyl groups excluding tert-OH is 2. The predicted octanol–water partition coefficient (Wildman–Crippen LogP) is 6.40. The zero-order valence-electron chi connectivity index (χ0n) is 45.0. The third-order valence-corrected chi connectivity index (χ3v) is 16.3. The minimum atomic E-state index is -0.407. The zero-order valence-corrected chi connectivity index (χ0v) is 47.4. The molecular formula is C54H61ClF4N16O4S2. The number of aromatic nitrogens is 8. The summed E-state index contributed by atoms with van der Waals surface area (Å²) in [6.07, 6.45) is -0.729. The van der Waals surface area contributed by atoms with E-state index >= 15 is 8.78 Å². The summed E-state index contributed by atoms with van der Waals surface area (Å²) in [6.45, 7) is 13.2. The molecule has 4 fully saturated rings. The molecule has 0 bridgehead atoms. The molecular weight excluding hydrogens is 1110 g/mol.